The molecule has 88 valence electrons. The molecule has 0 unspecified atom stereocenters. The molecule has 5 nitrogen and oxygen atoms in total. The summed E-state index contributed by atoms with van der Waals surface area (Å²) in [6.45, 7) is 1.66. The molecule has 1 aromatic rings. The molecule has 16 heavy (non-hydrogen) atoms. The summed E-state index contributed by atoms with van der Waals surface area (Å²) < 4.78 is 4.88. The highest BCUT2D eigenvalue weighted by Crippen LogP contribution is 1.99. The van der Waals surface area contributed by atoms with Gasteiger partial charge in [0.1, 0.15) is 5.69 Å². The number of hydrogen-bond donors (Lipinski definition) is 2. The first-order valence-corrected chi connectivity index (χ1v) is 5.20. The van der Waals surface area contributed by atoms with E-state index in [0.29, 0.717) is 25.4 Å². The van der Waals surface area contributed by atoms with Crippen LogP contribution in [0.15, 0.2) is 18.3 Å². The first-order valence-electron chi connectivity index (χ1n) is 5.20. The maximum atomic E-state index is 11.6. The number of amides is 1. The lowest BCUT2D eigenvalue weighted by Crippen LogP contribution is -2.26. The number of nitrogens with zero attached hydrogens (tertiary/aromatic N) is 1. The van der Waals surface area contributed by atoms with E-state index >= 15 is 0 Å². The van der Waals surface area contributed by atoms with Crippen LogP contribution in [0.5, 0.6) is 0 Å². The van der Waals surface area contributed by atoms with E-state index < -0.39 is 0 Å². The second-order valence-electron chi connectivity index (χ2n) is 3.36. The Morgan fingerprint density at radius 3 is 2.94 bits per heavy atom. The van der Waals surface area contributed by atoms with E-state index in [-0.39, 0.29) is 5.91 Å². The molecule has 0 aliphatic carbocycles. The van der Waals surface area contributed by atoms with Crippen molar-refractivity contribution in [2.24, 2.45) is 5.73 Å². The Kier molecular flexibility index (Phi) is 5.45. The van der Waals surface area contributed by atoms with Crippen molar-refractivity contribution in [3.8, 4) is 0 Å². The van der Waals surface area contributed by atoms with Crippen molar-refractivity contribution in [1.29, 1.82) is 0 Å². The van der Waals surface area contributed by atoms with E-state index in [2.05, 4.69) is 10.3 Å². The summed E-state index contributed by atoms with van der Waals surface area (Å²) in [7, 11) is 1.63. The van der Waals surface area contributed by atoms with Crippen molar-refractivity contribution >= 4 is 5.91 Å². The summed E-state index contributed by atoms with van der Waals surface area (Å²) in [5, 5.41) is 2.76. The van der Waals surface area contributed by atoms with Gasteiger partial charge in [-0.05, 0) is 18.1 Å². The van der Waals surface area contributed by atoms with Crippen LogP contribution in [0, 0.1) is 0 Å². The number of nitrogens with two attached hydrogens (primary N) is 1. The van der Waals surface area contributed by atoms with Gasteiger partial charge in [0.15, 0.2) is 0 Å². The van der Waals surface area contributed by atoms with Crippen molar-refractivity contribution in [2.75, 3.05) is 20.3 Å². The minimum Gasteiger partial charge on any atom is -0.385 e. The molecule has 0 atom stereocenters. The molecule has 1 heterocycles. The first-order chi connectivity index (χ1) is 7.77. The van der Waals surface area contributed by atoms with Gasteiger partial charge in [0, 0.05) is 33.0 Å². The number of pyridine rings is 1. The van der Waals surface area contributed by atoms with E-state index in [0.717, 1.165) is 12.0 Å². The molecule has 1 aromatic heterocycles. The average molecular weight is 223 g/mol. The smallest absolute Gasteiger partial charge is 0.269 e. The number of aromatic nitrogens is 1. The Bertz CT molecular complexity index is 325. The molecule has 0 fully saturated rings. The maximum absolute atomic E-state index is 11.6. The second kappa shape index (κ2) is 6.92. The first kappa shape index (κ1) is 12.6. The van der Waals surface area contributed by atoms with Gasteiger partial charge in [-0.3, -0.25) is 9.78 Å². The molecule has 0 radical (unpaired) electrons. The van der Waals surface area contributed by atoms with Crippen LogP contribution in [0.2, 0.25) is 0 Å². The lowest BCUT2D eigenvalue weighted by molar-refractivity contribution is 0.0943. The van der Waals surface area contributed by atoms with Crippen LogP contribution in [0.4, 0.5) is 0 Å². The fraction of sp³-hybridized carbons (Fsp3) is 0.455. The number of carbonyl (C=O) groups is 1. The third-order valence-electron chi connectivity index (χ3n) is 2.10. The minimum atomic E-state index is -0.167. The van der Waals surface area contributed by atoms with E-state index in [4.69, 9.17) is 10.5 Å². The van der Waals surface area contributed by atoms with Gasteiger partial charge in [-0.25, -0.2) is 0 Å². The van der Waals surface area contributed by atoms with Gasteiger partial charge in [-0.2, -0.15) is 0 Å². The molecule has 0 spiro atoms. The van der Waals surface area contributed by atoms with E-state index in [1.54, 1.807) is 25.4 Å². The van der Waals surface area contributed by atoms with Gasteiger partial charge in [-0.15, -0.1) is 0 Å². The van der Waals surface area contributed by atoms with Crippen LogP contribution in [-0.4, -0.2) is 31.2 Å². The molecule has 0 aliphatic heterocycles. The number of nitrogens with one attached hydrogen (secondary N) is 1. The lowest BCUT2D eigenvalue weighted by Gasteiger charge is -2.04. The van der Waals surface area contributed by atoms with Crippen LogP contribution >= 0.6 is 0 Å². The van der Waals surface area contributed by atoms with Crippen molar-refractivity contribution in [3.63, 3.8) is 0 Å². The van der Waals surface area contributed by atoms with Gasteiger partial charge in [0.05, 0.1) is 0 Å². The summed E-state index contributed by atoms with van der Waals surface area (Å²) in [5.41, 5.74) is 6.76. The third kappa shape index (κ3) is 3.96. The largest absolute Gasteiger partial charge is 0.385 e. The van der Waals surface area contributed by atoms with Crippen LogP contribution in [0.3, 0.4) is 0 Å². The second-order valence-corrected chi connectivity index (χ2v) is 3.36. The van der Waals surface area contributed by atoms with Crippen molar-refractivity contribution in [3.05, 3.63) is 29.6 Å². The average Bonchev–Trinajstić information content (AvgIpc) is 2.34. The minimum absolute atomic E-state index is 0.167. The van der Waals surface area contributed by atoms with Crippen molar-refractivity contribution in [1.82, 2.24) is 10.3 Å². The van der Waals surface area contributed by atoms with E-state index in [1.165, 1.54) is 0 Å². The summed E-state index contributed by atoms with van der Waals surface area (Å²) >= 11 is 0. The topological polar surface area (TPSA) is 77.2 Å². The number of rotatable bonds is 6. The van der Waals surface area contributed by atoms with Crippen LogP contribution < -0.4 is 11.1 Å². The quantitative estimate of drug-likeness (QED) is 0.680. The Labute approximate surface area is 95.0 Å². The highest BCUT2D eigenvalue weighted by atomic mass is 16.5. The van der Waals surface area contributed by atoms with Gasteiger partial charge in [0.2, 0.25) is 0 Å². The highest BCUT2D eigenvalue weighted by molar-refractivity contribution is 5.92. The van der Waals surface area contributed by atoms with Crippen molar-refractivity contribution in [2.45, 2.75) is 13.0 Å². The Balaban J connectivity index is 2.40. The van der Waals surface area contributed by atoms with Crippen LogP contribution in [-0.2, 0) is 11.3 Å². The molecule has 1 rings (SSSR count). The van der Waals surface area contributed by atoms with Gasteiger partial charge in [-0.1, -0.05) is 6.07 Å². The highest BCUT2D eigenvalue weighted by Gasteiger charge is 2.05. The lowest BCUT2D eigenvalue weighted by atomic mass is 10.2. The third-order valence-corrected chi connectivity index (χ3v) is 2.10. The fourth-order valence-corrected chi connectivity index (χ4v) is 1.19. The SMILES string of the molecule is COCCCNC(=O)c1ccc(CN)cn1. The van der Waals surface area contributed by atoms with Gasteiger partial charge in [0.25, 0.3) is 5.91 Å². The number of ether oxygens (including phenoxy) is 1. The Morgan fingerprint density at radius 2 is 2.38 bits per heavy atom. The van der Waals surface area contributed by atoms with Crippen molar-refractivity contribution < 1.29 is 9.53 Å². The molecule has 0 aliphatic rings. The molecule has 1 amide bonds. The summed E-state index contributed by atoms with van der Waals surface area (Å²) in [4.78, 5) is 15.6. The molecule has 0 saturated heterocycles. The van der Waals surface area contributed by atoms with E-state index in [9.17, 15) is 4.79 Å². The fourth-order valence-electron chi connectivity index (χ4n) is 1.19. The number of methoxy groups -OCH3 is 1. The predicted octanol–water partition coefficient (Wildman–Crippen LogP) is 0.307. The molecule has 5 heteroatoms. The predicted molar refractivity (Wildman–Crippen MR) is 61.0 cm³/mol. The summed E-state index contributed by atoms with van der Waals surface area (Å²) in [6, 6.07) is 3.48. The molecule has 0 saturated carbocycles. The molecular formula is C11H17N3O2. The van der Waals surface area contributed by atoms with E-state index in [1.807, 2.05) is 0 Å². The standard InChI is InChI=1S/C11H17N3O2/c1-16-6-2-5-13-11(15)10-4-3-9(7-12)8-14-10/h3-4,8H,2,5-7,12H2,1H3,(H,13,15). The molecule has 0 bridgehead atoms. The van der Waals surface area contributed by atoms with Gasteiger partial charge >= 0.3 is 0 Å². The normalized spacial score (nSPS) is 10.1. The number of carbonyl (C=O) groups excluding carboxylic acids is 1. The zero-order valence-electron chi connectivity index (χ0n) is 9.40. The number of hydrogen-bond acceptors (Lipinski definition) is 4. The summed E-state index contributed by atoms with van der Waals surface area (Å²) in [6.07, 6.45) is 2.41. The molecule has 0 aromatic carbocycles. The Hall–Kier alpha value is -1.46. The molecule has 3 N–H and O–H groups in total. The zero-order valence-corrected chi connectivity index (χ0v) is 9.40. The van der Waals surface area contributed by atoms with Gasteiger partial charge < -0.3 is 15.8 Å². The molecular weight excluding hydrogens is 206 g/mol. The van der Waals surface area contributed by atoms with Crippen LogP contribution in [0.25, 0.3) is 0 Å². The monoisotopic (exact) mass is 223 g/mol. The maximum Gasteiger partial charge on any atom is 0.269 e. The summed E-state index contributed by atoms with van der Waals surface area (Å²) in [5.74, 6) is -0.167. The Morgan fingerprint density at radius 1 is 1.56 bits per heavy atom. The van der Waals surface area contributed by atoms with Crippen LogP contribution in [0.1, 0.15) is 22.5 Å². The zero-order chi connectivity index (χ0) is 11.8.